The van der Waals surface area contributed by atoms with Crippen molar-refractivity contribution in [1.82, 2.24) is 5.32 Å². The first kappa shape index (κ1) is 19.5. The van der Waals surface area contributed by atoms with Gasteiger partial charge >= 0.3 is 0 Å². The monoisotopic (exact) mass is 405 g/mol. The molecule has 0 aromatic heterocycles. The van der Waals surface area contributed by atoms with Crippen LogP contribution in [0.25, 0.3) is 0 Å². The minimum atomic E-state index is -1.88. The number of hydrogen-bond donors (Lipinski definition) is 4. The van der Waals surface area contributed by atoms with Crippen molar-refractivity contribution in [2.75, 3.05) is 7.05 Å². The SMILES string of the molecule is CNC(=O)c1ccc(C(C)=O)c(C2(O)c3ccc(O)cc3Oc3cc(O)ccc32)c1. The van der Waals surface area contributed by atoms with E-state index in [1.165, 1.54) is 68.6 Å². The lowest BCUT2D eigenvalue weighted by Gasteiger charge is -2.37. The molecule has 152 valence electrons. The third-order valence-electron chi connectivity index (χ3n) is 5.21. The van der Waals surface area contributed by atoms with E-state index in [-0.39, 0.29) is 62.5 Å². The van der Waals surface area contributed by atoms with E-state index in [2.05, 4.69) is 5.32 Å². The Hall–Kier alpha value is -3.84. The van der Waals surface area contributed by atoms with Crippen LogP contribution in [0, 0.1) is 0 Å². The minimum absolute atomic E-state index is 0.0781. The zero-order chi connectivity index (χ0) is 21.6. The summed E-state index contributed by atoms with van der Waals surface area (Å²) in [5, 5.41) is 34.5. The molecule has 7 nitrogen and oxygen atoms in total. The summed E-state index contributed by atoms with van der Waals surface area (Å²) in [6.07, 6.45) is 0. The molecule has 30 heavy (non-hydrogen) atoms. The number of Topliss-reactive ketones (excluding diaryl/α,β-unsaturated/α-hetero) is 1. The van der Waals surface area contributed by atoms with Gasteiger partial charge in [-0.1, -0.05) is 6.07 Å². The number of benzene rings is 3. The van der Waals surface area contributed by atoms with Crippen LogP contribution in [0.4, 0.5) is 0 Å². The van der Waals surface area contributed by atoms with Crippen LogP contribution in [0.15, 0.2) is 54.6 Å². The molecule has 0 radical (unpaired) electrons. The van der Waals surface area contributed by atoms with Gasteiger partial charge in [-0.3, -0.25) is 9.59 Å². The zero-order valence-corrected chi connectivity index (χ0v) is 16.3. The maximum Gasteiger partial charge on any atom is 0.251 e. The number of carbonyl (C=O) groups is 2. The molecule has 4 N–H and O–H groups in total. The van der Waals surface area contributed by atoms with Crippen molar-refractivity contribution in [3.63, 3.8) is 0 Å². The molecule has 1 aliphatic rings. The van der Waals surface area contributed by atoms with Gasteiger partial charge in [0.25, 0.3) is 5.91 Å². The van der Waals surface area contributed by atoms with Crippen molar-refractivity contribution >= 4 is 11.7 Å². The summed E-state index contributed by atoms with van der Waals surface area (Å²) in [5.41, 5.74) is -0.624. The molecule has 0 aliphatic carbocycles. The van der Waals surface area contributed by atoms with E-state index in [1.54, 1.807) is 0 Å². The number of ketones is 1. The molecule has 3 aromatic carbocycles. The number of amides is 1. The fourth-order valence-electron chi connectivity index (χ4n) is 3.78. The number of ether oxygens (including phenoxy) is 1. The lowest BCUT2D eigenvalue weighted by molar-refractivity contribution is 0.0947. The van der Waals surface area contributed by atoms with Crippen LogP contribution in [-0.2, 0) is 5.60 Å². The Morgan fingerprint density at radius 2 is 1.43 bits per heavy atom. The van der Waals surface area contributed by atoms with Crippen molar-refractivity contribution in [2.24, 2.45) is 0 Å². The Labute approximate surface area is 172 Å². The van der Waals surface area contributed by atoms with Crippen LogP contribution >= 0.6 is 0 Å². The fraction of sp³-hybridized carbons (Fsp3) is 0.130. The molecule has 0 saturated heterocycles. The van der Waals surface area contributed by atoms with Crippen molar-refractivity contribution in [2.45, 2.75) is 12.5 Å². The lowest BCUT2D eigenvalue weighted by Crippen LogP contribution is -2.34. The van der Waals surface area contributed by atoms with Gasteiger partial charge in [0, 0.05) is 47.0 Å². The van der Waals surface area contributed by atoms with E-state index in [0.29, 0.717) is 0 Å². The normalized spacial score (nSPS) is 13.6. The molecular formula is C23H19NO6. The Kier molecular flexibility index (Phi) is 4.47. The average molecular weight is 405 g/mol. The highest BCUT2D eigenvalue weighted by molar-refractivity contribution is 5.99. The third-order valence-corrected chi connectivity index (χ3v) is 5.21. The first-order valence-electron chi connectivity index (χ1n) is 9.20. The van der Waals surface area contributed by atoms with Crippen LogP contribution in [0.1, 0.15) is 44.3 Å². The van der Waals surface area contributed by atoms with E-state index in [4.69, 9.17) is 4.74 Å². The third kappa shape index (κ3) is 2.87. The molecule has 3 aromatic rings. The smallest absolute Gasteiger partial charge is 0.251 e. The van der Waals surface area contributed by atoms with E-state index in [0.717, 1.165) is 0 Å². The largest absolute Gasteiger partial charge is 0.508 e. The van der Waals surface area contributed by atoms with Gasteiger partial charge in [-0.05, 0) is 43.3 Å². The molecule has 1 heterocycles. The molecule has 0 atom stereocenters. The summed E-state index contributed by atoms with van der Waals surface area (Å²) >= 11 is 0. The van der Waals surface area contributed by atoms with Crippen molar-refractivity contribution in [3.8, 4) is 23.0 Å². The number of phenols is 2. The van der Waals surface area contributed by atoms with Gasteiger partial charge in [-0.25, -0.2) is 0 Å². The Bertz CT molecular complexity index is 1150. The van der Waals surface area contributed by atoms with Crippen LogP contribution in [0.5, 0.6) is 23.0 Å². The number of fused-ring (bicyclic) bond motifs is 2. The second-order valence-electron chi connectivity index (χ2n) is 7.07. The van der Waals surface area contributed by atoms with Crippen LogP contribution in [-0.4, -0.2) is 34.1 Å². The predicted molar refractivity (Wildman–Crippen MR) is 108 cm³/mol. The molecular weight excluding hydrogens is 386 g/mol. The summed E-state index contributed by atoms with van der Waals surface area (Å²) in [4.78, 5) is 24.7. The number of carbonyl (C=O) groups excluding carboxylic acids is 2. The molecule has 1 aliphatic heterocycles. The second kappa shape index (κ2) is 6.89. The molecule has 0 unspecified atom stereocenters. The first-order valence-corrected chi connectivity index (χ1v) is 9.20. The predicted octanol–water partition coefficient (Wildman–Crippen LogP) is 3.05. The zero-order valence-electron chi connectivity index (χ0n) is 16.3. The van der Waals surface area contributed by atoms with Gasteiger partial charge in [-0.2, -0.15) is 0 Å². The summed E-state index contributed by atoms with van der Waals surface area (Å²) in [5.74, 6) is -0.505. The number of phenolic OH excluding ortho intramolecular Hbond substituents is 2. The molecule has 0 bridgehead atoms. The number of aliphatic hydroxyl groups is 1. The maximum atomic E-state index is 12.4. The molecule has 0 spiro atoms. The lowest BCUT2D eigenvalue weighted by atomic mass is 9.75. The van der Waals surface area contributed by atoms with E-state index >= 15 is 0 Å². The summed E-state index contributed by atoms with van der Waals surface area (Å²) < 4.78 is 5.81. The Morgan fingerprint density at radius 3 is 1.93 bits per heavy atom. The Morgan fingerprint density at radius 1 is 0.867 bits per heavy atom. The number of rotatable bonds is 3. The van der Waals surface area contributed by atoms with E-state index in [9.17, 15) is 24.9 Å². The summed E-state index contributed by atoms with van der Waals surface area (Å²) in [7, 11) is 1.49. The molecule has 7 heteroatoms. The summed E-state index contributed by atoms with van der Waals surface area (Å²) in [6, 6.07) is 12.9. The van der Waals surface area contributed by atoms with E-state index < -0.39 is 5.60 Å². The van der Waals surface area contributed by atoms with Crippen LogP contribution in [0.2, 0.25) is 0 Å². The number of hydrogen-bond acceptors (Lipinski definition) is 6. The number of aromatic hydroxyl groups is 2. The molecule has 4 rings (SSSR count). The van der Waals surface area contributed by atoms with Gasteiger partial charge in [0.15, 0.2) is 5.78 Å². The maximum absolute atomic E-state index is 12.4. The first-order chi connectivity index (χ1) is 14.3. The van der Waals surface area contributed by atoms with Crippen molar-refractivity contribution < 1.29 is 29.6 Å². The highest BCUT2D eigenvalue weighted by Crippen LogP contribution is 2.52. The van der Waals surface area contributed by atoms with Crippen LogP contribution in [0.3, 0.4) is 0 Å². The molecule has 1 amide bonds. The van der Waals surface area contributed by atoms with Gasteiger partial charge in [-0.15, -0.1) is 0 Å². The van der Waals surface area contributed by atoms with Gasteiger partial charge in [0.05, 0.1) is 0 Å². The summed E-state index contributed by atoms with van der Waals surface area (Å²) in [6.45, 7) is 1.37. The minimum Gasteiger partial charge on any atom is -0.508 e. The van der Waals surface area contributed by atoms with Crippen molar-refractivity contribution in [3.05, 3.63) is 82.4 Å². The average Bonchev–Trinajstić information content (AvgIpc) is 2.72. The second-order valence-corrected chi connectivity index (χ2v) is 7.07. The van der Waals surface area contributed by atoms with Crippen LogP contribution < -0.4 is 10.1 Å². The molecule has 0 saturated carbocycles. The Balaban J connectivity index is 2.10. The van der Waals surface area contributed by atoms with E-state index in [1.807, 2.05) is 0 Å². The van der Waals surface area contributed by atoms with Crippen molar-refractivity contribution in [1.29, 1.82) is 0 Å². The topological polar surface area (TPSA) is 116 Å². The molecule has 0 fully saturated rings. The van der Waals surface area contributed by atoms with Gasteiger partial charge in [0.1, 0.15) is 28.6 Å². The highest BCUT2D eigenvalue weighted by atomic mass is 16.5. The fourth-order valence-corrected chi connectivity index (χ4v) is 3.78. The standard InChI is InChI=1S/C23H19NO6/c1-12(25)16-6-3-13(22(28)24-2)9-19(16)23(29)17-7-4-14(26)10-20(17)30-21-11-15(27)5-8-18(21)23/h3-11,26-27,29H,1-2H3,(H,24,28). The van der Waals surface area contributed by atoms with Gasteiger partial charge in [0.2, 0.25) is 0 Å². The van der Waals surface area contributed by atoms with Gasteiger partial charge < -0.3 is 25.4 Å². The highest BCUT2D eigenvalue weighted by Gasteiger charge is 2.44. The number of nitrogens with one attached hydrogen (secondary N) is 1. The quantitative estimate of drug-likeness (QED) is 0.498.